The second-order valence-electron chi connectivity index (χ2n) is 6.00. The molecule has 0 radical (unpaired) electrons. The Morgan fingerprint density at radius 2 is 1.95 bits per heavy atom. The van der Waals surface area contributed by atoms with E-state index >= 15 is 0 Å². The first kappa shape index (κ1) is 13.1. The van der Waals surface area contributed by atoms with Gasteiger partial charge in [-0.3, -0.25) is 4.90 Å². The number of fused-ring (bicyclic) bond motifs is 1. The van der Waals surface area contributed by atoms with Crippen LogP contribution in [0.3, 0.4) is 0 Å². The van der Waals surface area contributed by atoms with E-state index in [1.807, 2.05) is 0 Å². The molecule has 0 saturated carbocycles. The van der Waals surface area contributed by atoms with Gasteiger partial charge in [0, 0.05) is 12.1 Å². The monoisotopic (exact) mass is 258 g/mol. The van der Waals surface area contributed by atoms with Crippen molar-refractivity contribution in [1.29, 1.82) is 0 Å². The highest BCUT2D eigenvalue weighted by molar-refractivity contribution is 5.37. The summed E-state index contributed by atoms with van der Waals surface area (Å²) >= 11 is 0. The van der Waals surface area contributed by atoms with Gasteiger partial charge >= 0.3 is 0 Å². The molecule has 1 aromatic rings. The number of rotatable bonds is 4. The number of hydrogen-bond acceptors (Lipinski definition) is 2. The van der Waals surface area contributed by atoms with Crippen molar-refractivity contribution in [3.63, 3.8) is 0 Å². The standard InChI is InChI=1S/C17H26N2/c1-2-10-18-17-15-9-5-4-8-14(15)13-16(17)19-11-6-3-7-12-19/h4-5,8-9,16-18H,2-3,6-7,10-13H2,1H3. The number of piperidine rings is 1. The van der Waals surface area contributed by atoms with E-state index in [2.05, 4.69) is 41.4 Å². The molecule has 2 unspecified atom stereocenters. The summed E-state index contributed by atoms with van der Waals surface area (Å²) in [5, 5.41) is 3.79. The third kappa shape index (κ3) is 2.70. The molecule has 0 amide bonds. The largest absolute Gasteiger partial charge is 0.309 e. The molecule has 2 nitrogen and oxygen atoms in total. The summed E-state index contributed by atoms with van der Waals surface area (Å²) in [6.07, 6.45) is 6.63. The zero-order valence-corrected chi connectivity index (χ0v) is 12.1. The molecule has 2 heteroatoms. The van der Waals surface area contributed by atoms with Gasteiger partial charge in [-0.1, -0.05) is 37.6 Å². The van der Waals surface area contributed by atoms with Gasteiger partial charge in [0.05, 0.1) is 0 Å². The highest BCUT2D eigenvalue weighted by Gasteiger charge is 2.35. The van der Waals surface area contributed by atoms with Crippen LogP contribution in [-0.4, -0.2) is 30.6 Å². The van der Waals surface area contributed by atoms with Crippen LogP contribution in [0.1, 0.15) is 49.8 Å². The van der Waals surface area contributed by atoms with Gasteiger partial charge in [-0.15, -0.1) is 0 Å². The number of nitrogens with zero attached hydrogens (tertiary/aromatic N) is 1. The van der Waals surface area contributed by atoms with Gasteiger partial charge in [-0.25, -0.2) is 0 Å². The molecule has 0 spiro atoms. The molecule has 1 fully saturated rings. The maximum Gasteiger partial charge on any atom is 0.0484 e. The van der Waals surface area contributed by atoms with E-state index < -0.39 is 0 Å². The molecule has 1 saturated heterocycles. The van der Waals surface area contributed by atoms with E-state index in [0.29, 0.717) is 12.1 Å². The third-order valence-corrected chi connectivity index (χ3v) is 4.68. The Kier molecular flexibility index (Phi) is 4.19. The molecule has 1 aliphatic carbocycles. The summed E-state index contributed by atoms with van der Waals surface area (Å²) in [6, 6.07) is 10.3. The fourth-order valence-corrected chi connectivity index (χ4v) is 3.71. The number of nitrogens with one attached hydrogen (secondary N) is 1. The van der Waals surface area contributed by atoms with Gasteiger partial charge in [0.1, 0.15) is 0 Å². The lowest BCUT2D eigenvalue weighted by Crippen LogP contribution is -2.45. The molecule has 1 heterocycles. The first-order chi connectivity index (χ1) is 9.40. The van der Waals surface area contributed by atoms with E-state index in [4.69, 9.17) is 0 Å². The van der Waals surface area contributed by atoms with Crippen LogP contribution in [0.5, 0.6) is 0 Å². The first-order valence-electron chi connectivity index (χ1n) is 7.95. The molecule has 1 aliphatic heterocycles. The zero-order valence-electron chi connectivity index (χ0n) is 12.1. The van der Waals surface area contributed by atoms with Crippen molar-refractivity contribution in [2.75, 3.05) is 19.6 Å². The number of benzene rings is 1. The molecular weight excluding hydrogens is 232 g/mol. The average Bonchev–Trinajstić information content (AvgIpc) is 2.85. The summed E-state index contributed by atoms with van der Waals surface area (Å²) in [5.74, 6) is 0. The van der Waals surface area contributed by atoms with E-state index in [0.717, 1.165) is 6.54 Å². The minimum Gasteiger partial charge on any atom is -0.309 e. The zero-order chi connectivity index (χ0) is 13.1. The topological polar surface area (TPSA) is 15.3 Å². The van der Waals surface area contributed by atoms with Gasteiger partial charge in [0.15, 0.2) is 0 Å². The fraction of sp³-hybridized carbons (Fsp3) is 0.647. The van der Waals surface area contributed by atoms with Gasteiger partial charge in [0.2, 0.25) is 0 Å². The lowest BCUT2D eigenvalue weighted by Gasteiger charge is -2.36. The summed E-state index contributed by atoms with van der Waals surface area (Å²) < 4.78 is 0. The number of likely N-dealkylation sites (tertiary alicyclic amines) is 1. The summed E-state index contributed by atoms with van der Waals surface area (Å²) in [6.45, 7) is 5.97. The summed E-state index contributed by atoms with van der Waals surface area (Å²) in [7, 11) is 0. The lowest BCUT2D eigenvalue weighted by atomic mass is 10.0. The highest BCUT2D eigenvalue weighted by Crippen LogP contribution is 2.35. The molecular formula is C17H26N2. The molecule has 0 aromatic heterocycles. The summed E-state index contributed by atoms with van der Waals surface area (Å²) in [5.41, 5.74) is 3.11. The quantitative estimate of drug-likeness (QED) is 0.892. The smallest absolute Gasteiger partial charge is 0.0484 e. The van der Waals surface area contributed by atoms with Crippen LogP contribution in [0.2, 0.25) is 0 Å². The van der Waals surface area contributed by atoms with Crippen molar-refractivity contribution >= 4 is 0 Å². The van der Waals surface area contributed by atoms with Crippen molar-refractivity contribution in [2.24, 2.45) is 0 Å². The van der Waals surface area contributed by atoms with Crippen LogP contribution in [0, 0.1) is 0 Å². The van der Waals surface area contributed by atoms with Crippen LogP contribution in [0.4, 0.5) is 0 Å². The predicted octanol–water partition coefficient (Wildman–Crippen LogP) is 3.14. The molecule has 2 aliphatic rings. The Morgan fingerprint density at radius 3 is 2.74 bits per heavy atom. The van der Waals surface area contributed by atoms with Crippen LogP contribution >= 0.6 is 0 Å². The molecule has 0 bridgehead atoms. The molecule has 3 rings (SSSR count). The Bertz CT molecular complexity index is 409. The molecule has 104 valence electrons. The minimum atomic E-state index is 0.550. The van der Waals surface area contributed by atoms with Crippen molar-refractivity contribution in [2.45, 2.75) is 51.1 Å². The normalized spacial score (nSPS) is 27.4. The maximum absolute atomic E-state index is 3.79. The molecule has 19 heavy (non-hydrogen) atoms. The van der Waals surface area contributed by atoms with E-state index in [-0.39, 0.29) is 0 Å². The predicted molar refractivity (Wildman–Crippen MR) is 80.4 cm³/mol. The van der Waals surface area contributed by atoms with E-state index in [1.54, 1.807) is 11.1 Å². The van der Waals surface area contributed by atoms with Gasteiger partial charge in [0.25, 0.3) is 0 Å². The molecule has 2 atom stereocenters. The maximum atomic E-state index is 3.79. The Morgan fingerprint density at radius 1 is 1.16 bits per heavy atom. The Balaban J connectivity index is 1.79. The van der Waals surface area contributed by atoms with Crippen molar-refractivity contribution < 1.29 is 0 Å². The minimum absolute atomic E-state index is 0.550. The number of hydrogen-bond donors (Lipinski definition) is 1. The third-order valence-electron chi connectivity index (χ3n) is 4.68. The van der Waals surface area contributed by atoms with E-state index in [9.17, 15) is 0 Å². The van der Waals surface area contributed by atoms with Gasteiger partial charge in [-0.2, -0.15) is 0 Å². The van der Waals surface area contributed by atoms with Crippen LogP contribution < -0.4 is 5.32 Å². The van der Waals surface area contributed by atoms with Crippen molar-refractivity contribution in [1.82, 2.24) is 10.2 Å². The van der Waals surface area contributed by atoms with Gasteiger partial charge < -0.3 is 5.32 Å². The fourth-order valence-electron chi connectivity index (χ4n) is 3.71. The van der Waals surface area contributed by atoms with Crippen molar-refractivity contribution in [3.8, 4) is 0 Å². The van der Waals surface area contributed by atoms with Gasteiger partial charge in [-0.05, 0) is 56.4 Å². The SMILES string of the molecule is CCCNC1c2ccccc2CC1N1CCCCC1. The highest BCUT2D eigenvalue weighted by atomic mass is 15.2. The molecule has 1 aromatic carbocycles. The van der Waals surface area contributed by atoms with E-state index in [1.165, 1.54) is 45.2 Å². The Labute approximate surface area is 117 Å². The van der Waals surface area contributed by atoms with Crippen LogP contribution in [-0.2, 0) is 6.42 Å². The second-order valence-corrected chi connectivity index (χ2v) is 6.00. The first-order valence-corrected chi connectivity index (χ1v) is 7.95. The summed E-state index contributed by atoms with van der Waals surface area (Å²) in [4.78, 5) is 2.73. The average molecular weight is 258 g/mol. The second kappa shape index (κ2) is 6.06. The van der Waals surface area contributed by atoms with Crippen LogP contribution in [0.15, 0.2) is 24.3 Å². The lowest BCUT2D eigenvalue weighted by molar-refractivity contribution is 0.138. The van der Waals surface area contributed by atoms with Crippen molar-refractivity contribution in [3.05, 3.63) is 35.4 Å². The molecule has 1 N–H and O–H groups in total. The van der Waals surface area contributed by atoms with Crippen LogP contribution in [0.25, 0.3) is 0 Å². The Hall–Kier alpha value is -0.860.